The Bertz CT molecular complexity index is 872. The molecule has 6 nitrogen and oxygen atoms in total. The van der Waals surface area contributed by atoms with Crippen molar-refractivity contribution in [2.24, 2.45) is 0 Å². The smallest absolute Gasteiger partial charge is 0.330 e. The Balaban J connectivity index is 2.15. The van der Waals surface area contributed by atoms with Gasteiger partial charge in [-0.25, -0.2) is 4.79 Å². The highest BCUT2D eigenvalue weighted by Crippen LogP contribution is 2.30. The van der Waals surface area contributed by atoms with E-state index in [1.165, 1.54) is 19.3 Å². The molecule has 0 fully saturated rings. The van der Waals surface area contributed by atoms with E-state index in [1.54, 1.807) is 49.4 Å². The van der Waals surface area contributed by atoms with Gasteiger partial charge < -0.3 is 13.7 Å². The minimum Gasteiger partial charge on any atom is -0.493 e. The highest BCUT2D eigenvalue weighted by atomic mass is 32.2. The maximum Gasteiger partial charge on any atom is 0.330 e. The molecule has 0 aliphatic carbocycles. The van der Waals surface area contributed by atoms with Crippen LogP contribution >= 0.6 is 0 Å². The molecular weight excluding hydrogens is 356 g/mol. The van der Waals surface area contributed by atoms with Crippen LogP contribution in [0.25, 0.3) is 6.08 Å². The third-order valence-electron chi connectivity index (χ3n) is 3.29. The van der Waals surface area contributed by atoms with Crippen LogP contribution in [0.5, 0.6) is 11.5 Å². The van der Waals surface area contributed by atoms with E-state index in [2.05, 4.69) is 0 Å². The molecule has 0 bridgehead atoms. The zero-order valence-electron chi connectivity index (χ0n) is 14.5. The summed E-state index contributed by atoms with van der Waals surface area (Å²) in [6.07, 6.45) is 2.83. The summed E-state index contributed by atoms with van der Waals surface area (Å²) in [6.45, 7) is 2.01. The van der Waals surface area contributed by atoms with Crippen molar-refractivity contribution in [3.05, 3.63) is 65.7 Å². The average molecular weight is 376 g/mol. The normalized spacial score (nSPS) is 11.3. The number of hydrogen-bond acceptors (Lipinski definition) is 6. The van der Waals surface area contributed by atoms with Crippen LogP contribution < -0.4 is 8.92 Å². The van der Waals surface area contributed by atoms with Gasteiger partial charge in [-0.2, -0.15) is 8.42 Å². The van der Waals surface area contributed by atoms with Crippen LogP contribution in [0.3, 0.4) is 0 Å². The van der Waals surface area contributed by atoms with Gasteiger partial charge in [0.1, 0.15) is 5.75 Å². The highest BCUT2D eigenvalue weighted by Gasteiger charge is 2.17. The minimum absolute atomic E-state index is 0.0803. The first kappa shape index (κ1) is 19.5. The summed E-state index contributed by atoms with van der Waals surface area (Å²) >= 11 is 0. The first-order valence-corrected chi connectivity index (χ1v) is 9.50. The molecule has 0 amide bonds. The van der Waals surface area contributed by atoms with E-state index in [1.807, 2.05) is 6.07 Å². The van der Waals surface area contributed by atoms with Crippen molar-refractivity contribution in [2.45, 2.75) is 12.7 Å². The van der Waals surface area contributed by atoms with Gasteiger partial charge >= 0.3 is 16.1 Å². The molecule has 26 heavy (non-hydrogen) atoms. The average Bonchev–Trinajstić information content (AvgIpc) is 2.61. The Labute approximate surface area is 153 Å². The van der Waals surface area contributed by atoms with Gasteiger partial charge in [0.15, 0.2) is 11.5 Å². The molecule has 0 saturated carbocycles. The number of methoxy groups -OCH3 is 1. The molecule has 0 spiro atoms. The molecule has 2 rings (SSSR count). The minimum atomic E-state index is -3.84. The van der Waals surface area contributed by atoms with E-state index < -0.39 is 16.1 Å². The zero-order chi connectivity index (χ0) is 19.0. The number of ether oxygens (including phenoxy) is 2. The Kier molecular flexibility index (Phi) is 6.80. The number of benzene rings is 2. The van der Waals surface area contributed by atoms with Gasteiger partial charge in [0.25, 0.3) is 0 Å². The second kappa shape index (κ2) is 9.05. The Morgan fingerprint density at radius 1 is 1.08 bits per heavy atom. The van der Waals surface area contributed by atoms with E-state index in [9.17, 15) is 13.2 Å². The quantitative estimate of drug-likeness (QED) is 0.400. The van der Waals surface area contributed by atoms with Crippen LogP contribution in [0, 0.1) is 0 Å². The van der Waals surface area contributed by atoms with Gasteiger partial charge in [0.2, 0.25) is 0 Å². The lowest BCUT2D eigenvalue weighted by molar-refractivity contribution is -0.137. The first-order chi connectivity index (χ1) is 12.4. The summed E-state index contributed by atoms with van der Waals surface area (Å²) in [4.78, 5) is 11.4. The second-order valence-corrected chi connectivity index (χ2v) is 6.84. The van der Waals surface area contributed by atoms with Gasteiger partial charge in [0.05, 0.1) is 13.7 Å². The predicted molar refractivity (Wildman–Crippen MR) is 98.4 cm³/mol. The molecule has 0 saturated heterocycles. The van der Waals surface area contributed by atoms with E-state index >= 15 is 0 Å². The molecule has 0 heterocycles. The van der Waals surface area contributed by atoms with Gasteiger partial charge in [-0.1, -0.05) is 36.4 Å². The fourth-order valence-corrected chi connectivity index (χ4v) is 3.23. The van der Waals surface area contributed by atoms with Crippen molar-refractivity contribution >= 4 is 22.2 Å². The van der Waals surface area contributed by atoms with Gasteiger partial charge in [-0.3, -0.25) is 0 Å². The molecule has 0 N–H and O–H groups in total. The first-order valence-electron chi connectivity index (χ1n) is 7.92. The maximum atomic E-state index is 12.3. The third-order valence-corrected chi connectivity index (χ3v) is 4.41. The summed E-state index contributed by atoms with van der Waals surface area (Å²) in [5, 5.41) is 0. The fourth-order valence-electron chi connectivity index (χ4n) is 2.16. The molecule has 2 aromatic carbocycles. The van der Waals surface area contributed by atoms with E-state index in [4.69, 9.17) is 13.7 Å². The lowest BCUT2D eigenvalue weighted by Crippen LogP contribution is -2.12. The lowest BCUT2D eigenvalue weighted by Gasteiger charge is -2.11. The van der Waals surface area contributed by atoms with Crippen LogP contribution in [0.4, 0.5) is 0 Å². The molecule has 138 valence electrons. The topological polar surface area (TPSA) is 78.9 Å². The second-order valence-electron chi connectivity index (χ2n) is 5.27. The van der Waals surface area contributed by atoms with Gasteiger partial charge in [-0.15, -0.1) is 0 Å². The summed E-state index contributed by atoms with van der Waals surface area (Å²) < 4.78 is 39.7. The fraction of sp³-hybridized carbons (Fsp3) is 0.211. The molecule has 0 aliphatic heterocycles. The summed E-state index contributed by atoms with van der Waals surface area (Å²) in [6, 6.07) is 13.4. The predicted octanol–water partition coefficient (Wildman–Crippen LogP) is 3.18. The number of rotatable bonds is 8. The van der Waals surface area contributed by atoms with Gasteiger partial charge in [0, 0.05) is 6.08 Å². The van der Waals surface area contributed by atoms with Crippen LogP contribution in [-0.4, -0.2) is 28.1 Å². The number of carbonyl (C=O) groups is 1. The molecule has 2 aromatic rings. The standard InChI is InChI=1S/C19H20O6S/c1-3-24-19(20)12-10-15-9-11-17(18(13-15)23-2)25-26(21,22)14-16-7-5-4-6-8-16/h4-13H,3,14H2,1-2H3. The molecule has 0 unspecified atom stereocenters. The summed E-state index contributed by atoms with van der Waals surface area (Å²) in [5.74, 6) is -0.386. The Hall–Kier alpha value is -2.80. The van der Waals surface area contributed by atoms with Crippen LogP contribution in [0.2, 0.25) is 0 Å². The molecule has 0 aliphatic rings. The molecular formula is C19H20O6S. The Morgan fingerprint density at radius 3 is 2.46 bits per heavy atom. The van der Waals surface area contributed by atoms with Crippen molar-refractivity contribution in [1.82, 2.24) is 0 Å². The van der Waals surface area contributed by atoms with Crippen molar-refractivity contribution in [1.29, 1.82) is 0 Å². The van der Waals surface area contributed by atoms with Crippen molar-refractivity contribution in [3.8, 4) is 11.5 Å². The number of esters is 1. The number of carbonyl (C=O) groups excluding carboxylic acids is 1. The van der Waals surface area contributed by atoms with Crippen LogP contribution in [0.1, 0.15) is 18.1 Å². The SMILES string of the molecule is CCOC(=O)C=Cc1ccc(OS(=O)(=O)Cc2ccccc2)c(OC)c1. The Morgan fingerprint density at radius 2 is 1.81 bits per heavy atom. The maximum absolute atomic E-state index is 12.3. The van der Waals surface area contributed by atoms with E-state index in [0.29, 0.717) is 17.7 Å². The van der Waals surface area contributed by atoms with Crippen LogP contribution in [0.15, 0.2) is 54.6 Å². The molecule has 7 heteroatoms. The highest BCUT2D eigenvalue weighted by molar-refractivity contribution is 7.86. The largest absolute Gasteiger partial charge is 0.493 e. The van der Waals surface area contributed by atoms with Crippen molar-refractivity contribution in [3.63, 3.8) is 0 Å². The van der Waals surface area contributed by atoms with Crippen molar-refractivity contribution in [2.75, 3.05) is 13.7 Å². The van der Waals surface area contributed by atoms with E-state index in [-0.39, 0.29) is 17.3 Å². The summed E-state index contributed by atoms with van der Waals surface area (Å²) in [5.41, 5.74) is 1.27. The molecule has 0 atom stereocenters. The van der Waals surface area contributed by atoms with Gasteiger partial charge in [-0.05, 0) is 36.3 Å². The summed E-state index contributed by atoms with van der Waals surface area (Å²) in [7, 11) is -2.43. The molecule has 0 radical (unpaired) electrons. The van der Waals surface area contributed by atoms with Crippen LogP contribution in [-0.2, 0) is 25.4 Å². The monoisotopic (exact) mass is 376 g/mol. The van der Waals surface area contributed by atoms with Crippen molar-refractivity contribution < 1.29 is 26.9 Å². The van der Waals surface area contributed by atoms with E-state index in [0.717, 1.165) is 0 Å². The zero-order valence-corrected chi connectivity index (χ0v) is 15.4. The molecule has 0 aromatic heterocycles. The number of hydrogen-bond donors (Lipinski definition) is 0. The lowest BCUT2D eigenvalue weighted by atomic mass is 10.2. The third kappa shape index (κ3) is 5.93.